The van der Waals surface area contributed by atoms with E-state index in [2.05, 4.69) is 10.6 Å². The van der Waals surface area contributed by atoms with Crippen LogP contribution in [0.1, 0.15) is 24.4 Å². The van der Waals surface area contributed by atoms with Crippen LogP contribution in [0, 0.1) is 5.82 Å². The molecule has 0 saturated heterocycles. The molecule has 1 unspecified atom stereocenters. The Hall–Kier alpha value is -2.89. The number of carbonyl (C=O) groups is 2. The second-order valence-corrected chi connectivity index (χ2v) is 5.93. The lowest BCUT2D eigenvalue weighted by atomic mass is 10.1. The van der Waals surface area contributed by atoms with E-state index in [-0.39, 0.29) is 18.4 Å². The van der Waals surface area contributed by atoms with Crippen LogP contribution in [0.25, 0.3) is 0 Å². The van der Waals surface area contributed by atoms with Crippen molar-refractivity contribution in [3.05, 3.63) is 66.0 Å². The van der Waals surface area contributed by atoms with Gasteiger partial charge in [0.25, 0.3) is 0 Å². The van der Waals surface area contributed by atoms with E-state index in [1.54, 1.807) is 12.1 Å². The summed E-state index contributed by atoms with van der Waals surface area (Å²) in [5.74, 6) is -1.76. The van der Waals surface area contributed by atoms with Gasteiger partial charge in [0.05, 0.1) is 6.04 Å². The summed E-state index contributed by atoms with van der Waals surface area (Å²) < 4.78 is 19.2. The lowest BCUT2D eigenvalue weighted by Crippen LogP contribution is -2.43. The third-order valence-corrected chi connectivity index (χ3v) is 3.87. The third-order valence-electron chi connectivity index (χ3n) is 3.87. The third kappa shape index (κ3) is 4.79. The van der Waals surface area contributed by atoms with Crippen molar-refractivity contribution in [1.82, 2.24) is 10.6 Å². The van der Waals surface area contributed by atoms with E-state index in [9.17, 15) is 14.0 Å². The van der Waals surface area contributed by atoms with Crippen molar-refractivity contribution in [3.63, 3.8) is 0 Å². The van der Waals surface area contributed by atoms with Gasteiger partial charge in [-0.3, -0.25) is 9.59 Å². The molecule has 1 saturated carbocycles. The van der Waals surface area contributed by atoms with Gasteiger partial charge in [-0.1, -0.05) is 42.5 Å². The van der Waals surface area contributed by atoms with Crippen molar-refractivity contribution in [2.45, 2.75) is 24.9 Å². The van der Waals surface area contributed by atoms with Crippen LogP contribution < -0.4 is 15.4 Å². The number of ether oxygens (including phenoxy) is 1. The molecule has 2 N–H and O–H groups in total. The highest BCUT2D eigenvalue weighted by Crippen LogP contribution is 2.20. The Morgan fingerprint density at radius 1 is 1.04 bits per heavy atom. The van der Waals surface area contributed by atoms with E-state index in [1.165, 1.54) is 12.1 Å². The summed E-state index contributed by atoms with van der Waals surface area (Å²) in [6, 6.07) is 14.7. The Morgan fingerprint density at radius 2 is 1.72 bits per heavy atom. The number of para-hydroxylation sites is 1. The minimum Gasteiger partial charge on any atom is -0.488 e. The molecule has 1 atom stereocenters. The Bertz CT molecular complexity index is 747. The van der Waals surface area contributed by atoms with Gasteiger partial charge < -0.3 is 15.4 Å². The van der Waals surface area contributed by atoms with Gasteiger partial charge in [0.1, 0.15) is 6.61 Å². The fourth-order valence-corrected chi connectivity index (χ4v) is 2.34. The molecule has 2 aromatic rings. The first kappa shape index (κ1) is 17.0. The molecule has 0 heterocycles. The first-order valence-electron chi connectivity index (χ1n) is 8.17. The monoisotopic (exact) mass is 342 g/mol. The zero-order chi connectivity index (χ0) is 17.6. The normalized spacial score (nSPS) is 14.4. The molecule has 0 radical (unpaired) electrons. The van der Waals surface area contributed by atoms with Crippen LogP contribution in [-0.4, -0.2) is 24.5 Å². The van der Waals surface area contributed by atoms with Gasteiger partial charge in [-0.2, -0.15) is 0 Å². The maximum atomic E-state index is 13.7. The number of hydrogen-bond donors (Lipinski definition) is 2. The predicted molar refractivity (Wildman–Crippen MR) is 90.4 cm³/mol. The fourth-order valence-electron chi connectivity index (χ4n) is 2.34. The summed E-state index contributed by atoms with van der Waals surface area (Å²) in [4.78, 5) is 24.0. The van der Waals surface area contributed by atoms with Crippen molar-refractivity contribution in [1.29, 1.82) is 0 Å². The van der Waals surface area contributed by atoms with Gasteiger partial charge in [0.2, 0.25) is 0 Å². The van der Waals surface area contributed by atoms with E-state index in [0.29, 0.717) is 0 Å². The SMILES string of the molecule is O=C(NC1CC1)C(=O)NC(COc1ccccc1F)c1ccccc1. The summed E-state index contributed by atoms with van der Waals surface area (Å²) >= 11 is 0. The number of carbonyl (C=O) groups excluding carboxylic acids is 2. The van der Waals surface area contributed by atoms with Crippen molar-refractivity contribution in [2.24, 2.45) is 0 Å². The highest BCUT2D eigenvalue weighted by atomic mass is 19.1. The van der Waals surface area contributed by atoms with Gasteiger partial charge in [-0.05, 0) is 30.5 Å². The van der Waals surface area contributed by atoms with Crippen molar-refractivity contribution in [3.8, 4) is 5.75 Å². The molecule has 1 aliphatic rings. The van der Waals surface area contributed by atoms with Crippen LogP contribution >= 0.6 is 0 Å². The van der Waals surface area contributed by atoms with Gasteiger partial charge in [0.15, 0.2) is 11.6 Å². The van der Waals surface area contributed by atoms with E-state index in [0.717, 1.165) is 18.4 Å². The first-order chi connectivity index (χ1) is 12.1. The van der Waals surface area contributed by atoms with Crippen LogP contribution in [0.2, 0.25) is 0 Å². The van der Waals surface area contributed by atoms with E-state index >= 15 is 0 Å². The highest BCUT2D eigenvalue weighted by Gasteiger charge is 2.28. The molecule has 1 aliphatic carbocycles. The standard InChI is InChI=1S/C19H19FN2O3/c20-15-8-4-5-9-17(15)25-12-16(13-6-2-1-3-7-13)22-19(24)18(23)21-14-10-11-14/h1-9,14,16H,10-12H2,(H,21,23)(H,22,24). The Kier molecular flexibility index (Phi) is 5.28. The fraction of sp³-hybridized carbons (Fsp3) is 0.263. The smallest absolute Gasteiger partial charge is 0.309 e. The molecule has 2 amide bonds. The van der Waals surface area contributed by atoms with Crippen molar-refractivity contribution in [2.75, 3.05) is 6.61 Å². The average molecular weight is 342 g/mol. The molecular formula is C19H19FN2O3. The summed E-state index contributed by atoms with van der Waals surface area (Å²) in [5, 5.41) is 5.30. The second kappa shape index (κ2) is 7.79. The maximum Gasteiger partial charge on any atom is 0.309 e. The number of amides is 2. The Morgan fingerprint density at radius 3 is 2.40 bits per heavy atom. The molecule has 0 spiro atoms. The number of hydrogen-bond acceptors (Lipinski definition) is 3. The topological polar surface area (TPSA) is 67.4 Å². The summed E-state index contributed by atoms with van der Waals surface area (Å²) in [6.45, 7) is 0.00734. The molecule has 1 fully saturated rings. The van der Waals surface area contributed by atoms with E-state index < -0.39 is 23.7 Å². The van der Waals surface area contributed by atoms with E-state index in [1.807, 2.05) is 30.3 Å². The largest absolute Gasteiger partial charge is 0.488 e. The molecule has 2 aromatic carbocycles. The average Bonchev–Trinajstić information content (AvgIpc) is 3.44. The zero-order valence-electron chi connectivity index (χ0n) is 13.6. The lowest BCUT2D eigenvalue weighted by molar-refractivity contribution is -0.139. The molecule has 0 aliphatic heterocycles. The molecule has 6 heteroatoms. The van der Waals surface area contributed by atoms with Crippen LogP contribution in [0.15, 0.2) is 54.6 Å². The van der Waals surface area contributed by atoms with Crippen LogP contribution in [0.3, 0.4) is 0 Å². The molecule has 5 nitrogen and oxygen atoms in total. The highest BCUT2D eigenvalue weighted by molar-refractivity contribution is 6.35. The number of nitrogens with one attached hydrogen (secondary N) is 2. The van der Waals surface area contributed by atoms with Gasteiger partial charge in [-0.25, -0.2) is 4.39 Å². The number of halogens is 1. The molecule has 130 valence electrons. The number of benzene rings is 2. The Labute approximate surface area is 145 Å². The predicted octanol–water partition coefficient (Wildman–Crippen LogP) is 2.34. The second-order valence-electron chi connectivity index (χ2n) is 5.93. The van der Waals surface area contributed by atoms with E-state index in [4.69, 9.17) is 4.74 Å². The first-order valence-corrected chi connectivity index (χ1v) is 8.17. The van der Waals surface area contributed by atoms with Crippen LogP contribution in [-0.2, 0) is 9.59 Å². The van der Waals surface area contributed by atoms with Gasteiger partial charge >= 0.3 is 11.8 Å². The van der Waals surface area contributed by atoms with Gasteiger partial charge in [0, 0.05) is 6.04 Å². The van der Waals surface area contributed by atoms with Gasteiger partial charge in [-0.15, -0.1) is 0 Å². The molecule has 3 rings (SSSR count). The van der Waals surface area contributed by atoms with Crippen molar-refractivity contribution >= 4 is 11.8 Å². The molecular weight excluding hydrogens is 323 g/mol. The lowest BCUT2D eigenvalue weighted by Gasteiger charge is -2.20. The summed E-state index contributed by atoms with van der Waals surface area (Å²) in [6.07, 6.45) is 1.80. The zero-order valence-corrected chi connectivity index (χ0v) is 13.6. The summed E-state index contributed by atoms with van der Waals surface area (Å²) in [7, 11) is 0. The minimum absolute atomic E-state index is 0.00734. The van der Waals surface area contributed by atoms with Crippen LogP contribution in [0.5, 0.6) is 5.75 Å². The van der Waals surface area contributed by atoms with Crippen LogP contribution in [0.4, 0.5) is 4.39 Å². The Balaban J connectivity index is 1.68. The number of rotatable bonds is 6. The quantitative estimate of drug-likeness (QED) is 0.792. The van der Waals surface area contributed by atoms with Crippen molar-refractivity contribution < 1.29 is 18.7 Å². The minimum atomic E-state index is -0.724. The summed E-state index contributed by atoms with van der Waals surface area (Å²) in [5.41, 5.74) is 0.770. The molecule has 0 bridgehead atoms. The molecule has 0 aromatic heterocycles. The maximum absolute atomic E-state index is 13.7. The molecule has 25 heavy (non-hydrogen) atoms.